The third-order valence-corrected chi connectivity index (χ3v) is 4.66. The summed E-state index contributed by atoms with van der Waals surface area (Å²) in [5.74, 6) is 0.0296. The number of benzene rings is 1. The number of ether oxygens (including phenoxy) is 1. The largest absolute Gasteiger partial charge is 0.573 e. The van der Waals surface area contributed by atoms with Gasteiger partial charge in [-0.1, -0.05) is 6.42 Å². The highest BCUT2D eigenvalue weighted by molar-refractivity contribution is 5.84. The lowest BCUT2D eigenvalue weighted by atomic mass is 9.81. The summed E-state index contributed by atoms with van der Waals surface area (Å²) < 4.78 is 42.5. The molecule has 0 atom stereocenters. The second kappa shape index (κ2) is 6.28. The van der Waals surface area contributed by atoms with Gasteiger partial charge in [0.15, 0.2) is 5.65 Å². The van der Waals surface area contributed by atoms with E-state index >= 15 is 0 Å². The van der Waals surface area contributed by atoms with E-state index in [0.717, 1.165) is 35.9 Å². The molecule has 2 heterocycles. The SMILES string of the molecule is OCc1ccnc2c1c(C1CCC1)nn2-c1ccc(OC(F)(F)F)cc1. The number of aromatic nitrogens is 3. The van der Waals surface area contributed by atoms with Crippen LogP contribution in [0.4, 0.5) is 13.2 Å². The summed E-state index contributed by atoms with van der Waals surface area (Å²) in [4.78, 5) is 4.39. The van der Waals surface area contributed by atoms with E-state index in [1.165, 1.54) is 24.3 Å². The number of fused-ring (bicyclic) bond motifs is 1. The van der Waals surface area contributed by atoms with E-state index in [9.17, 15) is 18.3 Å². The van der Waals surface area contributed by atoms with Crippen LogP contribution in [0.25, 0.3) is 16.7 Å². The van der Waals surface area contributed by atoms with Crippen LogP contribution >= 0.6 is 0 Å². The van der Waals surface area contributed by atoms with Crippen molar-refractivity contribution < 1.29 is 23.0 Å². The molecule has 0 amide bonds. The summed E-state index contributed by atoms with van der Waals surface area (Å²) in [5.41, 5.74) is 2.81. The first-order valence-corrected chi connectivity index (χ1v) is 8.30. The lowest BCUT2D eigenvalue weighted by Gasteiger charge is -2.23. The molecule has 3 aromatic rings. The van der Waals surface area contributed by atoms with Gasteiger partial charge in [0.05, 0.1) is 18.0 Å². The van der Waals surface area contributed by atoms with Crippen LogP contribution in [0.3, 0.4) is 0 Å². The van der Waals surface area contributed by atoms with Gasteiger partial charge in [-0.2, -0.15) is 5.10 Å². The number of aliphatic hydroxyl groups excluding tert-OH is 1. The van der Waals surface area contributed by atoms with Crippen molar-refractivity contribution in [1.82, 2.24) is 14.8 Å². The topological polar surface area (TPSA) is 60.2 Å². The van der Waals surface area contributed by atoms with Gasteiger partial charge in [0.25, 0.3) is 0 Å². The Morgan fingerprint density at radius 3 is 2.46 bits per heavy atom. The molecule has 0 saturated heterocycles. The van der Waals surface area contributed by atoms with Crippen molar-refractivity contribution in [3.8, 4) is 11.4 Å². The van der Waals surface area contributed by atoms with Crippen molar-refractivity contribution in [2.75, 3.05) is 0 Å². The zero-order valence-electron chi connectivity index (χ0n) is 13.7. The number of hydrogen-bond acceptors (Lipinski definition) is 4. The number of rotatable bonds is 4. The monoisotopic (exact) mass is 363 g/mol. The minimum atomic E-state index is -4.73. The van der Waals surface area contributed by atoms with Crippen molar-refractivity contribution in [2.24, 2.45) is 0 Å². The van der Waals surface area contributed by atoms with Crippen molar-refractivity contribution in [2.45, 2.75) is 38.1 Å². The molecule has 8 heteroatoms. The normalized spacial score (nSPS) is 15.2. The van der Waals surface area contributed by atoms with E-state index in [1.54, 1.807) is 16.9 Å². The Bertz CT molecular complexity index is 931. The molecule has 4 rings (SSSR count). The average molecular weight is 363 g/mol. The lowest BCUT2D eigenvalue weighted by molar-refractivity contribution is -0.274. The molecule has 0 aliphatic heterocycles. The fourth-order valence-corrected chi connectivity index (χ4v) is 3.20. The van der Waals surface area contributed by atoms with Gasteiger partial charge < -0.3 is 9.84 Å². The van der Waals surface area contributed by atoms with Crippen LogP contribution in [-0.4, -0.2) is 26.2 Å². The quantitative estimate of drug-likeness (QED) is 0.759. The first-order valence-electron chi connectivity index (χ1n) is 8.30. The summed E-state index contributed by atoms with van der Waals surface area (Å²) in [6.07, 6.45) is 0.0678. The molecule has 136 valence electrons. The maximum absolute atomic E-state index is 12.3. The molecule has 1 aliphatic rings. The zero-order valence-corrected chi connectivity index (χ0v) is 13.7. The molecule has 0 radical (unpaired) electrons. The van der Waals surface area contributed by atoms with Crippen LogP contribution < -0.4 is 4.74 Å². The van der Waals surface area contributed by atoms with Gasteiger partial charge >= 0.3 is 6.36 Å². The van der Waals surface area contributed by atoms with Gasteiger partial charge in [0.2, 0.25) is 0 Å². The van der Waals surface area contributed by atoms with Crippen LogP contribution in [0, 0.1) is 0 Å². The molecule has 0 unspecified atom stereocenters. The maximum atomic E-state index is 12.3. The average Bonchev–Trinajstić information content (AvgIpc) is 2.92. The summed E-state index contributed by atoms with van der Waals surface area (Å²) in [6, 6.07) is 7.26. The Labute approximate surface area is 147 Å². The van der Waals surface area contributed by atoms with Gasteiger partial charge in [-0.15, -0.1) is 13.2 Å². The molecule has 1 aromatic carbocycles. The number of halogens is 3. The summed E-state index contributed by atoms with van der Waals surface area (Å²) in [6.45, 7) is -0.122. The van der Waals surface area contributed by atoms with Gasteiger partial charge in [-0.25, -0.2) is 9.67 Å². The molecule has 1 aliphatic carbocycles. The third-order valence-electron chi connectivity index (χ3n) is 4.66. The van der Waals surface area contributed by atoms with Crippen molar-refractivity contribution >= 4 is 11.0 Å². The van der Waals surface area contributed by atoms with Crippen LogP contribution in [0.15, 0.2) is 36.5 Å². The highest BCUT2D eigenvalue weighted by Crippen LogP contribution is 2.40. The second-order valence-electron chi connectivity index (χ2n) is 6.29. The molecule has 1 fully saturated rings. The number of nitrogens with zero attached hydrogens (tertiary/aromatic N) is 3. The number of alkyl halides is 3. The van der Waals surface area contributed by atoms with Crippen LogP contribution in [-0.2, 0) is 6.61 Å². The third kappa shape index (κ3) is 3.01. The van der Waals surface area contributed by atoms with Crippen molar-refractivity contribution in [1.29, 1.82) is 0 Å². The first-order chi connectivity index (χ1) is 12.5. The fourth-order valence-electron chi connectivity index (χ4n) is 3.20. The van der Waals surface area contributed by atoms with Gasteiger partial charge in [-0.05, 0) is 48.7 Å². The van der Waals surface area contributed by atoms with E-state index < -0.39 is 6.36 Å². The summed E-state index contributed by atoms with van der Waals surface area (Å²) in [7, 11) is 0. The summed E-state index contributed by atoms with van der Waals surface area (Å²) in [5, 5.41) is 15.2. The second-order valence-corrected chi connectivity index (χ2v) is 6.29. The minimum Gasteiger partial charge on any atom is -0.406 e. The lowest BCUT2D eigenvalue weighted by Crippen LogP contribution is -2.17. The van der Waals surface area contributed by atoms with E-state index in [4.69, 9.17) is 0 Å². The predicted octanol–water partition coefficient (Wildman–Crippen LogP) is 4.08. The smallest absolute Gasteiger partial charge is 0.406 e. The van der Waals surface area contributed by atoms with Crippen molar-refractivity contribution in [3.05, 3.63) is 47.8 Å². The Kier molecular flexibility index (Phi) is 4.07. The van der Waals surface area contributed by atoms with E-state index in [1.807, 2.05) is 0 Å². The van der Waals surface area contributed by atoms with E-state index in [0.29, 0.717) is 17.3 Å². The molecule has 1 N–H and O–H groups in total. The molecule has 0 bridgehead atoms. The maximum Gasteiger partial charge on any atom is 0.573 e. The minimum absolute atomic E-state index is 0.122. The number of hydrogen-bond donors (Lipinski definition) is 1. The van der Waals surface area contributed by atoms with E-state index in [-0.39, 0.29) is 12.4 Å². The molecule has 26 heavy (non-hydrogen) atoms. The Balaban J connectivity index is 1.79. The van der Waals surface area contributed by atoms with Gasteiger partial charge in [0.1, 0.15) is 5.75 Å². The van der Waals surface area contributed by atoms with Gasteiger partial charge in [-0.3, -0.25) is 0 Å². The standard InChI is InChI=1S/C18H16F3N3O2/c19-18(20,21)26-14-6-4-13(5-7-14)24-17-15(12(10-25)8-9-22-17)16(23-24)11-2-1-3-11/h4-9,11,25H,1-3,10H2. The van der Waals surface area contributed by atoms with Crippen LogP contribution in [0.5, 0.6) is 5.75 Å². The van der Waals surface area contributed by atoms with Crippen LogP contribution in [0.1, 0.15) is 36.4 Å². The Morgan fingerprint density at radius 1 is 1.15 bits per heavy atom. The molecule has 5 nitrogen and oxygen atoms in total. The van der Waals surface area contributed by atoms with Crippen LogP contribution in [0.2, 0.25) is 0 Å². The Morgan fingerprint density at radius 2 is 1.88 bits per heavy atom. The van der Waals surface area contributed by atoms with Crippen molar-refractivity contribution in [3.63, 3.8) is 0 Å². The molecule has 2 aromatic heterocycles. The van der Waals surface area contributed by atoms with E-state index in [2.05, 4.69) is 14.8 Å². The molecule has 0 spiro atoms. The molecular weight excluding hydrogens is 347 g/mol. The Hall–Kier alpha value is -2.61. The summed E-state index contributed by atoms with van der Waals surface area (Å²) >= 11 is 0. The zero-order chi connectivity index (χ0) is 18.3. The predicted molar refractivity (Wildman–Crippen MR) is 88.1 cm³/mol. The number of pyridine rings is 1. The fraction of sp³-hybridized carbons (Fsp3) is 0.333. The highest BCUT2D eigenvalue weighted by Gasteiger charge is 2.31. The highest BCUT2D eigenvalue weighted by atomic mass is 19.4. The molecular formula is C18H16F3N3O2. The first kappa shape index (κ1) is 16.8. The molecule has 1 saturated carbocycles. The number of aliphatic hydroxyl groups is 1. The van der Waals surface area contributed by atoms with Gasteiger partial charge in [0, 0.05) is 17.5 Å².